The fourth-order valence-corrected chi connectivity index (χ4v) is 3.77. The highest BCUT2D eigenvalue weighted by Crippen LogP contribution is 2.20. The van der Waals surface area contributed by atoms with Crippen LogP contribution in [-0.4, -0.2) is 43.2 Å². The summed E-state index contributed by atoms with van der Waals surface area (Å²) in [7, 11) is -3.57. The molecule has 2 heterocycles. The Morgan fingerprint density at radius 3 is 2.85 bits per heavy atom. The molecule has 1 amide bonds. The van der Waals surface area contributed by atoms with Crippen LogP contribution >= 0.6 is 0 Å². The maximum Gasteiger partial charge on any atom is 0.244 e. The van der Waals surface area contributed by atoms with Crippen molar-refractivity contribution in [1.29, 1.82) is 0 Å². The molecule has 1 saturated heterocycles. The minimum absolute atomic E-state index is 0.148. The Balaban J connectivity index is 2.05. The number of aryl methyl sites for hydroxylation is 1. The third-order valence-electron chi connectivity index (χ3n) is 3.32. The molecule has 1 aliphatic heterocycles. The Morgan fingerprint density at radius 2 is 2.30 bits per heavy atom. The molecule has 1 aromatic rings. The van der Waals surface area contributed by atoms with E-state index in [1.165, 1.54) is 13.0 Å². The van der Waals surface area contributed by atoms with E-state index >= 15 is 0 Å². The van der Waals surface area contributed by atoms with E-state index in [2.05, 4.69) is 10.5 Å². The number of carbonyl (C=O) groups is 1. The summed E-state index contributed by atoms with van der Waals surface area (Å²) in [5.41, 5.74) is 0.608. The van der Waals surface area contributed by atoms with Gasteiger partial charge in [-0.3, -0.25) is 10.1 Å². The lowest BCUT2D eigenvalue weighted by Crippen LogP contribution is -2.42. The average molecular weight is 302 g/mol. The topological polar surface area (TPSA) is 98.5 Å². The predicted molar refractivity (Wildman–Crippen MR) is 72.1 cm³/mol. The summed E-state index contributed by atoms with van der Waals surface area (Å²) in [6.07, 6.45) is 1.22. The molecule has 2 rings (SSSR count). The summed E-state index contributed by atoms with van der Waals surface area (Å²) in [6.45, 7) is 3.81. The minimum atomic E-state index is -3.57. The fraction of sp³-hybridized carbons (Fsp3) is 0.667. The quantitative estimate of drug-likeness (QED) is 0.887. The van der Waals surface area contributed by atoms with Gasteiger partial charge in [-0.2, -0.15) is 0 Å². The van der Waals surface area contributed by atoms with Crippen molar-refractivity contribution in [3.05, 3.63) is 11.8 Å². The molecule has 8 heteroatoms. The number of hydrogen-bond acceptors (Lipinski definition) is 6. The summed E-state index contributed by atoms with van der Waals surface area (Å²) < 4.78 is 34.7. The molecule has 0 bridgehead atoms. The van der Waals surface area contributed by atoms with Crippen molar-refractivity contribution in [3.8, 4) is 0 Å². The monoisotopic (exact) mass is 302 g/mol. The van der Waals surface area contributed by atoms with E-state index in [0.717, 1.165) is 0 Å². The molecular formula is C12H18N2O5S. The number of hydrogen-bond donors (Lipinski definition) is 1. The molecule has 0 spiro atoms. The molecule has 0 saturated carbocycles. The number of nitrogens with one attached hydrogen (secondary N) is 1. The summed E-state index contributed by atoms with van der Waals surface area (Å²) in [6, 6.07) is 1.53. The zero-order valence-electron chi connectivity index (χ0n) is 11.5. The van der Waals surface area contributed by atoms with Crippen LogP contribution in [0.5, 0.6) is 0 Å². The number of carbonyl (C=O) groups excluding carboxylic acids is 1. The second-order valence-electron chi connectivity index (χ2n) is 4.89. The number of amides is 1. The van der Waals surface area contributed by atoms with Gasteiger partial charge >= 0.3 is 0 Å². The van der Waals surface area contributed by atoms with Gasteiger partial charge in [-0.05, 0) is 26.7 Å². The lowest BCUT2D eigenvalue weighted by molar-refractivity contribution is -0.115. The summed E-state index contributed by atoms with van der Waals surface area (Å²) in [5, 5.41) is 4.27. The van der Waals surface area contributed by atoms with E-state index in [4.69, 9.17) is 9.26 Å². The number of sulfone groups is 1. The Labute approximate surface area is 117 Å². The first kappa shape index (κ1) is 15.0. The van der Waals surface area contributed by atoms with Gasteiger partial charge in [0.1, 0.15) is 5.25 Å². The molecule has 20 heavy (non-hydrogen) atoms. The zero-order chi connectivity index (χ0) is 14.8. The van der Waals surface area contributed by atoms with E-state index in [9.17, 15) is 13.2 Å². The van der Waals surface area contributed by atoms with Gasteiger partial charge in [0.15, 0.2) is 9.84 Å². The zero-order valence-corrected chi connectivity index (χ0v) is 12.3. The van der Waals surface area contributed by atoms with Crippen LogP contribution < -0.4 is 5.32 Å². The molecule has 0 unspecified atom stereocenters. The maximum atomic E-state index is 12.3. The normalized spacial score (nSPS) is 21.4. The van der Waals surface area contributed by atoms with E-state index in [1.807, 2.05) is 0 Å². The highest BCUT2D eigenvalue weighted by atomic mass is 32.2. The van der Waals surface area contributed by atoms with Crippen molar-refractivity contribution >= 4 is 21.6 Å². The van der Waals surface area contributed by atoms with Gasteiger partial charge in [0.25, 0.3) is 0 Å². The van der Waals surface area contributed by atoms with Gasteiger partial charge in [0.2, 0.25) is 11.8 Å². The number of nitrogens with zero attached hydrogens (tertiary/aromatic N) is 1. The van der Waals surface area contributed by atoms with Crippen molar-refractivity contribution in [2.24, 2.45) is 0 Å². The SMILES string of the molecule is Cc1cc(NC(=O)[C@@H](C)S(=O)(=O)[C@@H]2CCCOC2)on1. The summed E-state index contributed by atoms with van der Waals surface area (Å²) >= 11 is 0. The second kappa shape index (κ2) is 5.92. The Hall–Kier alpha value is -1.41. The van der Waals surface area contributed by atoms with E-state index in [0.29, 0.717) is 25.1 Å². The Kier molecular flexibility index (Phi) is 4.44. The largest absolute Gasteiger partial charge is 0.380 e. The fourth-order valence-electron chi connectivity index (χ4n) is 2.05. The highest BCUT2D eigenvalue weighted by molar-refractivity contribution is 7.93. The van der Waals surface area contributed by atoms with Crippen LogP contribution in [0.15, 0.2) is 10.6 Å². The van der Waals surface area contributed by atoms with Crippen LogP contribution in [0.25, 0.3) is 0 Å². The third kappa shape index (κ3) is 3.18. The van der Waals surface area contributed by atoms with Crippen LogP contribution in [0.1, 0.15) is 25.5 Å². The van der Waals surface area contributed by atoms with Crippen molar-refractivity contribution < 1.29 is 22.5 Å². The second-order valence-corrected chi connectivity index (χ2v) is 7.44. The van der Waals surface area contributed by atoms with Gasteiger partial charge in [0.05, 0.1) is 17.6 Å². The van der Waals surface area contributed by atoms with Crippen LogP contribution in [-0.2, 0) is 19.4 Å². The van der Waals surface area contributed by atoms with Crippen LogP contribution in [0.3, 0.4) is 0 Å². The first-order valence-corrected chi connectivity index (χ1v) is 8.07. The van der Waals surface area contributed by atoms with E-state index in [-0.39, 0.29) is 12.5 Å². The lowest BCUT2D eigenvalue weighted by Gasteiger charge is -2.24. The number of aromatic nitrogens is 1. The molecule has 1 aromatic heterocycles. The minimum Gasteiger partial charge on any atom is -0.380 e. The molecular weight excluding hydrogens is 284 g/mol. The molecule has 0 radical (unpaired) electrons. The Morgan fingerprint density at radius 1 is 1.55 bits per heavy atom. The van der Waals surface area contributed by atoms with Crippen LogP contribution in [0, 0.1) is 6.92 Å². The molecule has 1 aliphatic rings. The first-order valence-electron chi connectivity index (χ1n) is 6.46. The van der Waals surface area contributed by atoms with Gasteiger partial charge in [-0.15, -0.1) is 0 Å². The van der Waals surface area contributed by atoms with E-state index < -0.39 is 26.2 Å². The van der Waals surface area contributed by atoms with Crippen LogP contribution in [0.2, 0.25) is 0 Å². The molecule has 0 aliphatic carbocycles. The lowest BCUT2D eigenvalue weighted by atomic mass is 10.2. The average Bonchev–Trinajstić information content (AvgIpc) is 2.84. The number of ether oxygens (including phenoxy) is 1. The standard InChI is InChI=1S/C12H18N2O5S/c1-8-6-11(19-14-8)13-12(15)9(2)20(16,17)10-4-3-5-18-7-10/h6,9-10H,3-5,7H2,1-2H3,(H,13,15)/t9-,10-/m1/s1. The van der Waals surface area contributed by atoms with Crippen molar-refractivity contribution in [1.82, 2.24) is 5.16 Å². The van der Waals surface area contributed by atoms with Gasteiger partial charge in [0, 0.05) is 12.7 Å². The van der Waals surface area contributed by atoms with Crippen molar-refractivity contribution in [3.63, 3.8) is 0 Å². The van der Waals surface area contributed by atoms with Gasteiger partial charge < -0.3 is 9.26 Å². The van der Waals surface area contributed by atoms with E-state index in [1.54, 1.807) is 6.92 Å². The smallest absolute Gasteiger partial charge is 0.244 e. The molecule has 1 N–H and O–H groups in total. The third-order valence-corrected chi connectivity index (χ3v) is 5.82. The van der Waals surface area contributed by atoms with Gasteiger partial charge in [-0.25, -0.2) is 8.42 Å². The Bertz CT molecular complexity index is 574. The first-order chi connectivity index (χ1) is 9.41. The maximum absolute atomic E-state index is 12.3. The molecule has 1 fully saturated rings. The molecule has 7 nitrogen and oxygen atoms in total. The highest BCUT2D eigenvalue weighted by Gasteiger charge is 2.37. The molecule has 2 atom stereocenters. The van der Waals surface area contributed by atoms with Crippen LogP contribution in [0.4, 0.5) is 5.88 Å². The number of rotatable bonds is 4. The molecule has 0 aromatic carbocycles. The van der Waals surface area contributed by atoms with Crippen molar-refractivity contribution in [2.75, 3.05) is 18.5 Å². The summed E-state index contributed by atoms with van der Waals surface area (Å²) in [5.74, 6) is -0.471. The predicted octanol–water partition coefficient (Wildman–Crippen LogP) is 0.904. The molecule has 112 valence electrons. The summed E-state index contributed by atoms with van der Waals surface area (Å²) in [4.78, 5) is 12.0. The van der Waals surface area contributed by atoms with Crippen molar-refractivity contribution in [2.45, 2.75) is 37.2 Å². The number of anilines is 1. The van der Waals surface area contributed by atoms with Gasteiger partial charge in [-0.1, -0.05) is 5.16 Å².